The SMILES string of the molecule is Cc1cc(C)cc(CNC2CCC(C)CC2)c1. The molecule has 94 valence electrons. The summed E-state index contributed by atoms with van der Waals surface area (Å²) in [6, 6.07) is 7.58. The number of rotatable bonds is 3. The molecule has 0 saturated heterocycles. The van der Waals surface area contributed by atoms with Gasteiger partial charge in [0.05, 0.1) is 0 Å². The van der Waals surface area contributed by atoms with Crippen LogP contribution in [0.5, 0.6) is 0 Å². The smallest absolute Gasteiger partial charge is 0.0208 e. The van der Waals surface area contributed by atoms with Gasteiger partial charge in [0.2, 0.25) is 0 Å². The van der Waals surface area contributed by atoms with Gasteiger partial charge in [0, 0.05) is 12.6 Å². The van der Waals surface area contributed by atoms with Crippen molar-refractivity contribution in [3.8, 4) is 0 Å². The first-order chi connectivity index (χ1) is 8.13. The van der Waals surface area contributed by atoms with Crippen LogP contribution in [0.25, 0.3) is 0 Å². The van der Waals surface area contributed by atoms with Gasteiger partial charge >= 0.3 is 0 Å². The molecule has 0 spiro atoms. The van der Waals surface area contributed by atoms with Crippen LogP contribution in [-0.2, 0) is 6.54 Å². The third-order valence-corrected chi connectivity index (χ3v) is 3.89. The van der Waals surface area contributed by atoms with Crippen molar-refractivity contribution in [2.24, 2.45) is 5.92 Å². The molecule has 1 aromatic carbocycles. The van der Waals surface area contributed by atoms with E-state index in [1.54, 1.807) is 0 Å². The van der Waals surface area contributed by atoms with Crippen molar-refractivity contribution in [2.75, 3.05) is 0 Å². The Balaban J connectivity index is 1.85. The van der Waals surface area contributed by atoms with E-state index in [0.717, 1.165) is 18.5 Å². The molecule has 1 nitrogen and oxygen atoms in total. The van der Waals surface area contributed by atoms with Crippen molar-refractivity contribution >= 4 is 0 Å². The van der Waals surface area contributed by atoms with Crippen LogP contribution in [0.15, 0.2) is 18.2 Å². The summed E-state index contributed by atoms with van der Waals surface area (Å²) in [6.07, 6.45) is 5.49. The van der Waals surface area contributed by atoms with E-state index in [-0.39, 0.29) is 0 Å². The zero-order chi connectivity index (χ0) is 12.3. The first kappa shape index (κ1) is 12.6. The largest absolute Gasteiger partial charge is 0.310 e. The van der Waals surface area contributed by atoms with Gasteiger partial charge in [0.15, 0.2) is 0 Å². The van der Waals surface area contributed by atoms with Gasteiger partial charge in [-0.3, -0.25) is 0 Å². The van der Waals surface area contributed by atoms with E-state index >= 15 is 0 Å². The predicted molar refractivity (Wildman–Crippen MR) is 74.2 cm³/mol. The van der Waals surface area contributed by atoms with Gasteiger partial charge in [-0.1, -0.05) is 36.2 Å². The quantitative estimate of drug-likeness (QED) is 0.830. The van der Waals surface area contributed by atoms with Crippen molar-refractivity contribution in [1.82, 2.24) is 5.32 Å². The lowest BCUT2D eigenvalue weighted by molar-refractivity contribution is 0.306. The van der Waals surface area contributed by atoms with Crippen molar-refractivity contribution in [3.05, 3.63) is 34.9 Å². The zero-order valence-corrected chi connectivity index (χ0v) is 11.4. The summed E-state index contributed by atoms with van der Waals surface area (Å²) in [4.78, 5) is 0. The van der Waals surface area contributed by atoms with Gasteiger partial charge in [0.1, 0.15) is 0 Å². The molecule has 1 aromatic rings. The second-order valence-electron chi connectivity index (χ2n) is 5.83. The molecule has 17 heavy (non-hydrogen) atoms. The van der Waals surface area contributed by atoms with Crippen LogP contribution < -0.4 is 5.32 Å². The standard InChI is InChI=1S/C16H25N/c1-12-4-6-16(7-5-12)17-11-15-9-13(2)8-14(3)10-15/h8-10,12,16-17H,4-7,11H2,1-3H3. The molecule has 0 heterocycles. The average Bonchev–Trinajstić information content (AvgIpc) is 2.27. The van der Waals surface area contributed by atoms with Gasteiger partial charge in [-0.2, -0.15) is 0 Å². The van der Waals surface area contributed by atoms with Gasteiger partial charge in [-0.25, -0.2) is 0 Å². The van der Waals surface area contributed by atoms with Gasteiger partial charge < -0.3 is 5.32 Å². The third kappa shape index (κ3) is 3.85. The summed E-state index contributed by atoms with van der Waals surface area (Å²) in [6.45, 7) is 7.76. The predicted octanol–water partition coefficient (Wildman–Crippen LogP) is 3.97. The van der Waals surface area contributed by atoms with Gasteiger partial charge in [-0.05, 0) is 51.0 Å². The van der Waals surface area contributed by atoms with E-state index in [2.05, 4.69) is 44.3 Å². The molecule has 1 saturated carbocycles. The summed E-state index contributed by atoms with van der Waals surface area (Å²) in [5.74, 6) is 0.939. The lowest BCUT2D eigenvalue weighted by Crippen LogP contribution is -2.32. The van der Waals surface area contributed by atoms with E-state index in [0.29, 0.717) is 0 Å². The van der Waals surface area contributed by atoms with E-state index in [4.69, 9.17) is 0 Å². The Morgan fingerprint density at radius 3 is 2.18 bits per heavy atom. The number of aryl methyl sites for hydroxylation is 2. The minimum atomic E-state index is 0.743. The van der Waals surface area contributed by atoms with Gasteiger partial charge in [0.25, 0.3) is 0 Å². The molecular formula is C16H25N. The maximum atomic E-state index is 3.71. The Morgan fingerprint density at radius 2 is 1.59 bits per heavy atom. The fourth-order valence-corrected chi connectivity index (χ4v) is 2.90. The summed E-state index contributed by atoms with van der Waals surface area (Å²) in [5, 5.41) is 3.71. The molecule has 1 aliphatic rings. The van der Waals surface area contributed by atoms with Crippen LogP contribution in [0.4, 0.5) is 0 Å². The second-order valence-corrected chi connectivity index (χ2v) is 5.83. The fraction of sp³-hybridized carbons (Fsp3) is 0.625. The zero-order valence-electron chi connectivity index (χ0n) is 11.4. The highest BCUT2D eigenvalue weighted by molar-refractivity contribution is 5.28. The molecule has 0 atom stereocenters. The van der Waals surface area contributed by atoms with Crippen molar-refractivity contribution in [2.45, 2.75) is 59.0 Å². The summed E-state index contributed by atoms with van der Waals surface area (Å²) in [7, 11) is 0. The first-order valence-electron chi connectivity index (χ1n) is 6.94. The number of nitrogens with one attached hydrogen (secondary N) is 1. The van der Waals surface area contributed by atoms with Crippen molar-refractivity contribution < 1.29 is 0 Å². The lowest BCUT2D eigenvalue weighted by Gasteiger charge is -2.27. The van der Waals surface area contributed by atoms with Crippen LogP contribution in [0.2, 0.25) is 0 Å². The Labute approximate surface area is 106 Å². The molecule has 1 heteroatoms. The minimum Gasteiger partial charge on any atom is -0.310 e. The Kier molecular flexibility index (Phi) is 4.22. The molecule has 0 amide bonds. The molecule has 0 radical (unpaired) electrons. The van der Waals surface area contributed by atoms with Crippen molar-refractivity contribution in [3.63, 3.8) is 0 Å². The normalized spacial score (nSPS) is 24.9. The maximum absolute atomic E-state index is 3.71. The Hall–Kier alpha value is -0.820. The molecule has 0 aromatic heterocycles. The highest BCUT2D eigenvalue weighted by atomic mass is 14.9. The van der Waals surface area contributed by atoms with E-state index in [1.807, 2.05) is 0 Å². The second kappa shape index (κ2) is 5.68. The minimum absolute atomic E-state index is 0.743. The molecule has 0 unspecified atom stereocenters. The average molecular weight is 231 g/mol. The molecular weight excluding hydrogens is 206 g/mol. The topological polar surface area (TPSA) is 12.0 Å². The third-order valence-electron chi connectivity index (χ3n) is 3.89. The maximum Gasteiger partial charge on any atom is 0.0208 e. The van der Waals surface area contributed by atoms with E-state index in [9.17, 15) is 0 Å². The van der Waals surface area contributed by atoms with Crippen LogP contribution in [0.3, 0.4) is 0 Å². The highest BCUT2D eigenvalue weighted by Crippen LogP contribution is 2.23. The Bertz CT molecular complexity index is 342. The van der Waals surface area contributed by atoms with Crippen LogP contribution in [-0.4, -0.2) is 6.04 Å². The summed E-state index contributed by atoms with van der Waals surface area (Å²) >= 11 is 0. The summed E-state index contributed by atoms with van der Waals surface area (Å²) in [5.41, 5.74) is 4.18. The Morgan fingerprint density at radius 1 is 1.00 bits per heavy atom. The van der Waals surface area contributed by atoms with E-state index in [1.165, 1.54) is 42.4 Å². The number of benzene rings is 1. The van der Waals surface area contributed by atoms with Gasteiger partial charge in [-0.15, -0.1) is 0 Å². The van der Waals surface area contributed by atoms with Crippen molar-refractivity contribution in [1.29, 1.82) is 0 Å². The monoisotopic (exact) mass is 231 g/mol. The molecule has 1 fully saturated rings. The first-order valence-corrected chi connectivity index (χ1v) is 6.94. The molecule has 0 bridgehead atoms. The van der Waals surface area contributed by atoms with Crippen LogP contribution in [0, 0.1) is 19.8 Å². The van der Waals surface area contributed by atoms with Crippen LogP contribution in [0.1, 0.15) is 49.3 Å². The number of hydrogen-bond donors (Lipinski definition) is 1. The molecule has 1 N–H and O–H groups in total. The summed E-state index contributed by atoms with van der Waals surface area (Å²) < 4.78 is 0. The molecule has 2 rings (SSSR count). The van der Waals surface area contributed by atoms with Crippen LogP contribution >= 0.6 is 0 Å². The van der Waals surface area contributed by atoms with E-state index < -0.39 is 0 Å². The fourth-order valence-electron chi connectivity index (χ4n) is 2.90. The molecule has 0 aliphatic heterocycles. The highest BCUT2D eigenvalue weighted by Gasteiger charge is 2.17. The molecule has 1 aliphatic carbocycles. The lowest BCUT2D eigenvalue weighted by atomic mass is 9.87. The number of hydrogen-bond acceptors (Lipinski definition) is 1.